The second-order valence-corrected chi connectivity index (χ2v) is 27.8. The first-order valence-electron chi connectivity index (χ1n) is 38.2. The molecule has 0 fully saturated rings. The number of allylic oxidation sites excluding steroid dienone is 26. The third kappa shape index (κ3) is 76.6. The Morgan fingerprint density at radius 1 is 0.340 bits per heavy atom. The van der Waals surface area contributed by atoms with Crippen molar-refractivity contribution in [3.05, 3.63) is 158 Å². The molecule has 0 heterocycles. The van der Waals surface area contributed by atoms with E-state index in [1.54, 1.807) is 0 Å². The molecule has 0 saturated carbocycles. The van der Waals surface area contributed by atoms with Crippen LogP contribution in [0.15, 0.2) is 158 Å². The van der Waals surface area contributed by atoms with Gasteiger partial charge < -0.3 is 18.9 Å². The highest BCUT2D eigenvalue weighted by molar-refractivity contribution is 7.47. The maximum absolute atomic E-state index is 12.9. The van der Waals surface area contributed by atoms with E-state index in [2.05, 4.69) is 172 Å². The quantitative estimate of drug-likeness (QED) is 0.0211. The fourth-order valence-corrected chi connectivity index (χ4v) is 11.0. The second-order valence-electron chi connectivity index (χ2n) is 26.3. The molecular weight excluding hydrogens is 1180 g/mol. The van der Waals surface area contributed by atoms with Crippen LogP contribution in [0.25, 0.3) is 0 Å². The number of quaternary nitrogens is 1. The Balaban J connectivity index is 4.09. The summed E-state index contributed by atoms with van der Waals surface area (Å²) in [6, 6.07) is 0. The highest BCUT2D eigenvalue weighted by atomic mass is 31.2. The molecule has 0 aliphatic heterocycles. The van der Waals surface area contributed by atoms with Gasteiger partial charge in [-0.15, -0.1) is 0 Å². The van der Waals surface area contributed by atoms with E-state index in [9.17, 15) is 19.0 Å². The minimum absolute atomic E-state index is 0.0229. The SMILES string of the molecule is CC/C=C\C/C=C\C/C=C\C/C=C\C/C=C\C/C=C\C/C=C\C/C=C\C/C=C\C/C=C\C/C=C\CCCCCCCCCC(=O)OC(COC(=O)CCCCCCCCCCCCCCCCCCC/C=C\C/C=C\CCCCCCC)COP(=O)(O)OCC[N+](C)(C)C. The summed E-state index contributed by atoms with van der Waals surface area (Å²) in [5.41, 5.74) is 0. The number of carbonyl (C=O) groups excluding carboxylic acids is 2. The van der Waals surface area contributed by atoms with Gasteiger partial charge in [0.05, 0.1) is 27.7 Å². The lowest BCUT2D eigenvalue weighted by molar-refractivity contribution is -0.870. The van der Waals surface area contributed by atoms with E-state index >= 15 is 0 Å². The molecule has 2 unspecified atom stereocenters. The zero-order valence-corrected chi connectivity index (χ0v) is 62.0. The zero-order chi connectivity index (χ0) is 68.3. The first-order chi connectivity index (χ1) is 46.0. The van der Waals surface area contributed by atoms with E-state index in [1.807, 2.05) is 21.1 Å². The number of nitrogens with zero attached hydrogens (tertiary/aromatic N) is 1. The summed E-state index contributed by atoms with van der Waals surface area (Å²) in [6.45, 7) is 4.31. The van der Waals surface area contributed by atoms with Gasteiger partial charge in [0.25, 0.3) is 0 Å². The van der Waals surface area contributed by atoms with Crippen molar-refractivity contribution in [1.82, 2.24) is 0 Å². The molecule has 2 atom stereocenters. The van der Waals surface area contributed by atoms with Crippen LogP contribution in [-0.4, -0.2) is 74.9 Å². The topological polar surface area (TPSA) is 108 Å². The van der Waals surface area contributed by atoms with E-state index in [-0.39, 0.29) is 32.0 Å². The minimum Gasteiger partial charge on any atom is -0.462 e. The molecule has 0 bridgehead atoms. The first-order valence-corrected chi connectivity index (χ1v) is 39.7. The summed E-state index contributed by atoms with van der Waals surface area (Å²) in [5.74, 6) is -0.810. The lowest BCUT2D eigenvalue weighted by Crippen LogP contribution is -2.37. The minimum atomic E-state index is -4.41. The molecule has 9 nitrogen and oxygen atoms in total. The summed E-state index contributed by atoms with van der Waals surface area (Å²) in [6.07, 6.45) is 109. The molecule has 10 heteroatoms. The molecule has 0 aliphatic carbocycles. The van der Waals surface area contributed by atoms with Crippen LogP contribution in [0, 0.1) is 0 Å². The number of unbranched alkanes of at least 4 members (excludes halogenated alkanes) is 29. The van der Waals surface area contributed by atoms with Gasteiger partial charge in [-0.25, -0.2) is 4.57 Å². The van der Waals surface area contributed by atoms with Gasteiger partial charge in [-0.05, 0) is 128 Å². The monoisotopic (exact) mass is 1330 g/mol. The Labute approximate surface area is 579 Å². The number of phosphoric ester groups is 1. The van der Waals surface area contributed by atoms with Crippen molar-refractivity contribution in [3.8, 4) is 0 Å². The normalized spacial score (nSPS) is 14.0. The van der Waals surface area contributed by atoms with Gasteiger partial charge in [-0.3, -0.25) is 18.6 Å². The van der Waals surface area contributed by atoms with Gasteiger partial charge >= 0.3 is 19.8 Å². The lowest BCUT2D eigenvalue weighted by atomic mass is 10.0. The molecule has 0 amide bonds. The van der Waals surface area contributed by atoms with Crippen LogP contribution in [-0.2, 0) is 32.7 Å². The van der Waals surface area contributed by atoms with Crippen molar-refractivity contribution in [1.29, 1.82) is 0 Å². The van der Waals surface area contributed by atoms with Crippen molar-refractivity contribution in [2.24, 2.45) is 0 Å². The standard InChI is InChI=1S/C84H142NO8P/c1-6-8-10-12-14-16-18-20-22-24-26-28-30-32-34-36-37-38-39-40-41-42-43-44-45-46-47-49-51-53-55-57-59-61-63-65-67-69-71-73-75-77-84(87)93-82(81-92-94(88,89)91-79-78-85(3,4)5)80-90-83(86)76-74-72-70-68-66-64-62-60-58-56-54-52-50-48-35-33-31-29-27-25-23-21-19-17-15-13-11-9-7-2/h8,10,14,16,19-22,25-28,32,34,37-38,40-41,43-44,46-47,51,53,57,59,82H,6-7,9,11-13,15,17-18,23-24,29-31,33,35-36,39,42,45,48-50,52,54-56,58,60-81H2,1-5H3/p+1/b10-8-,16-14-,21-19-,22-20-,27-25-,28-26-,34-32-,38-37-,41-40-,44-43-,47-46-,53-51-,59-57-. The smallest absolute Gasteiger partial charge is 0.462 e. The first kappa shape index (κ1) is 89.6. The van der Waals surface area contributed by atoms with Gasteiger partial charge in [0.2, 0.25) is 0 Å². The third-order valence-corrected chi connectivity index (χ3v) is 17.0. The Kier molecular flexibility index (Phi) is 69.5. The highest BCUT2D eigenvalue weighted by Crippen LogP contribution is 2.43. The van der Waals surface area contributed by atoms with Gasteiger partial charge in [0.1, 0.15) is 19.8 Å². The molecule has 0 saturated heterocycles. The summed E-state index contributed by atoms with van der Waals surface area (Å²) in [4.78, 5) is 35.9. The van der Waals surface area contributed by atoms with Gasteiger partial charge in [0, 0.05) is 12.8 Å². The summed E-state index contributed by atoms with van der Waals surface area (Å²) in [7, 11) is 1.46. The second kappa shape index (κ2) is 72.9. The number of ether oxygens (including phenoxy) is 2. The van der Waals surface area contributed by atoms with Gasteiger partial charge in [-0.1, -0.05) is 326 Å². The molecule has 94 heavy (non-hydrogen) atoms. The molecule has 0 aromatic heterocycles. The fraction of sp³-hybridized carbons (Fsp3) is 0.667. The van der Waals surface area contributed by atoms with Gasteiger partial charge in [-0.2, -0.15) is 0 Å². The molecule has 0 spiro atoms. The van der Waals surface area contributed by atoms with E-state index < -0.39 is 26.5 Å². The Morgan fingerprint density at radius 3 is 0.904 bits per heavy atom. The van der Waals surface area contributed by atoms with Crippen LogP contribution in [0.4, 0.5) is 0 Å². The largest absolute Gasteiger partial charge is 0.472 e. The number of phosphoric acid groups is 1. The van der Waals surface area contributed by atoms with E-state index in [1.165, 1.54) is 154 Å². The summed E-state index contributed by atoms with van der Waals surface area (Å²) in [5, 5.41) is 0. The Bertz CT molecular complexity index is 2150. The van der Waals surface area contributed by atoms with Crippen LogP contribution in [0.3, 0.4) is 0 Å². The number of rotatable bonds is 69. The van der Waals surface area contributed by atoms with Crippen LogP contribution >= 0.6 is 7.82 Å². The molecule has 0 aromatic rings. The molecule has 1 N–H and O–H groups in total. The predicted molar refractivity (Wildman–Crippen MR) is 408 cm³/mol. The van der Waals surface area contributed by atoms with Crippen molar-refractivity contribution in [2.75, 3.05) is 47.5 Å². The maximum atomic E-state index is 12.9. The molecule has 0 aliphatic rings. The molecule has 0 radical (unpaired) electrons. The van der Waals surface area contributed by atoms with E-state index in [4.69, 9.17) is 18.5 Å². The highest BCUT2D eigenvalue weighted by Gasteiger charge is 2.27. The molecule has 0 rings (SSSR count). The third-order valence-electron chi connectivity index (χ3n) is 16.0. The van der Waals surface area contributed by atoms with Crippen molar-refractivity contribution >= 4 is 19.8 Å². The van der Waals surface area contributed by atoms with Crippen LogP contribution in [0.1, 0.15) is 309 Å². The van der Waals surface area contributed by atoms with E-state index in [0.29, 0.717) is 17.4 Å². The molecule has 0 aromatic carbocycles. The van der Waals surface area contributed by atoms with Crippen LogP contribution < -0.4 is 0 Å². The predicted octanol–water partition coefficient (Wildman–Crippen LogP) is 25.5. The maximum Gasteiger partial charge on any atom is 0.472 e. The summed E-state index contributed by atoms with van der Waals surface area (Å²) < 4.78 is 34.8. The molecular formula is C84H143NO8P+. The number of hydrogen-bond donors (Lipinski definition) is 1. The number of carbonyl (C=O) groups is 2. The average molecular weight is 1330 g/mol. The van der Waals surface area contributed by atoms with Crippen molar-refractivity contribution in [2.45, 2.75) is 315 Å². The number of esters is 2. The average Bonchev–Trinajstić information content (AvgIpc) is 1.57. The van der Waals surface area contributed by atoms with Crippen molar-refractivity contribution < 1.29 is 42.1 Å². The Hall–Kier alpha value is -4.37. The van der Waals surface area contributed by atoms with Crippen molar-refractivity contribution in [3.63, 3.8) is 0 Å². The molecule has 536 valence electrons. The fourth-order valence-electron chi connectivity index (χ4n) is 10.2. The van der Waals surface area contributed by atoms with Crippen LogP contribution in [0.5, 0.6) is 0 Å². The van der Waals surface area contributed by atoms with Gasteiger partial charge in [0.15, 0.2) is 6.10 Å². The zero-order valence-electron chi connectivity index (χ0n) is 61.1. The lowest BCUT2D eigenvalue weighted by Gasteiger charge is -2.24. The Morgan fingerprint density at radius 2 is 0.606 bits per heavy atom. The number of hydrogen-bond acceptors (Lipinski definition) is 7. The van der Waals surface area contributed by atoms with Crippen LogP contribution in [0.2, 0.25) is 0 Å². The summed E-state index contributed by atoms with van der Waals surface area (Å²) >= 11 is 0. The van der Waals surface area contributed by atoms with E-state index in [0.717, 1.165) is 122 Å². The number of likely N-dealkylation sites (N-methyl/N-ethyl adjacent to an activating group) is 1.